The van der Waals surface area contributed by atoms with Gasteiger partial charge >= 0.3 is 0 Å². The van der Waals surface area contributed by atoms with Crippen molar-refractivity contribution in [2.45, 2.75) is 71.3 Å². The Kier molecular flexibility index (Phi) is 9.06. The van der Waals surface area contributed by atoms with Gasteiger partial charge in [0.05, 0.1) is 7.11 Å². The van der Waals surface area contributed by atoms with Gasteiger partial charge in [-0.25, -0.2) is 9.78 Å². The number of hydrogen-bond acceptors (Lipinski definition) is 3. The minimum atomic E-state index is -0.249. The van der Waals surface area contributed by atoms with Gasteiger partial charge in [0.2, 0.25) is 0 Å². The average Bonchev–Trinajstić information content (AvgIpc) is 2.20. The fraction of sp³-hybridized carbons (Fsp3) is 1.00. The van der Waals surface area contributed by atoms with Crippen molar-refractivity contribution in [3.05, 3.63) is 0 Å². The summed E-state index contributed by atoms with van der Waals surface area (Å²) in [6.07, 6.45) is 8.80. The van der Waals surface area contributed by atoms with E-state index in [1.54, 1.807) is 0 Å². The van der Waals surface area contributed by atoms with Gasteiger partial charge in [-0.05, 0) is 20.3 Å². The molecule has 0 aromatic rings. The second-order valence-corrected chi connectivity index (χ2v) is 4.60. The highest BCUT2D eigenvalue weighted by Crippen LogP contribution is 2.19. The van der Waals surface area contributed by atoms with E-state index in [2.05, 4.69) is 16.8 Å². The zero-order valence-corrected chi connectivity index (χ0v) is 10.7. The minimum Gasteiger partial charge on any atom is -0.210 e. The van der Waals surface area contributed by atoms with E-state index in [1.165, 1.54) is 45.6 Å². The highest BCUT2D eigenvalue weighted by atomic mass is 17.5. The van der Waals surface area contributed by atoms with Crippen LogP contribution in [0.5, 0.6) is 0 Å². The van der Waals surface area contributed by atoms with Gasteiger partial charge in [-0.2, -0.15) is 0 Å². The van der Waals surface area contributed by atoms with Crippen LogP contribution < -0.4 is 0 Å². The molecule has 0 aliphatic carbocycles. The van der Waals surface area contributed by atoms with E-state index in [0.29, 0.717) is 0 Å². The predicted octanol–water partition coefficient (Wildman–Crippen LogP) is 4.03. The highest BCUT2D eigenvalue weighted by molar-refractivity contribution is 4.66. The second kappa shape index (κ2) is 9.13. The van der Waals surface area contributed by atoms with Crippen molar-refractivity contribution in [2.24, 2.45) is 0 Å². The summed E-state index contributed by atoms with van der Waals surface area (Å²) in [4.78, 5) is 9.50. The molecule has 0 unspecified atom stereocenters. The molecule has 0 N–H and O–H groups in total. The fourth-order valence-corrected chi connectivity index (χ4v) is 1.50. The molecule has 3 nitrogen and oxygen atoms in total. The molecule has 0 radical (unpaired) electrons. The first-order valence-corrected chi connectivity index (χ1v) is 6.01. The average molecular weight is 218 g/mol. The lowest BCUT2D eigenvalue weighted by Gasteiger charge is -2.21. The van der Waals surface area contributed by atoms with E-state index in [4.69, 9.17) is 4.89 Å². The second-order valence-electron chi connectivity index (χ2n) is 4.60. The molecule has 0 spiro atoms. The highest BCUT2D eigenvalue weighted by Gasteiger charge is 2.19. The topological polar surface area (TPSA) is 27.7 Å². The van der Waals surface area contributed by atoms with Crippen molar-refractivity contribution in [1.82, 2.24) is 0 Å². The van der Waals surface area contributed by atoms with Gasteiger partial charge in [-0.3, -0.25) is 0 Å². The van der Waals surface area contributed by atoms with E-state index < -0.39 is 0 Å². The van der Waals surface area contributed by atoms with Crippen LogP contribution in [-0.4, -0.2) is 12.7 Å². The normalized spacial score (nSPS) is 12.0. The lowest BCUT2D eigenvalue weighted by atomic mass is 10.00. The van der Waals surface area contributed by atoms with Crippen molar-refractivity contribution in [2.75, 3.05) is 7.11 Å². The predicted molar refractivity (Wildman–Crippen MR) is 61.3 cm³/mol. The molecular weight excluding hydrogens is 192 g/mol. The molecule has 0 aliphatic heterocycles. The lowest BCUT2D eigenvalue weighted by Crippen LogP contribution is -2.24. The van der Waals surface area contributed by atoms with Gasteiger partial charge in [0.15, 0.2) is 0 Å². The first kappa shape index (κ1) is 14.9. The minimum absolute atomic E-state index is 0.249. The van der Waals surface area contributed by atoms with Crippen LogP contribution in [-0.2, 0) is 14.8 Å². The largest absolute Gasteiger partial charge is 0.210 e. The number of hydrogen-bond donors (Lipinski definition) is 0. The van der Waals surface area contributed by atoms with Gasteiger partial charge in [-0.1, -0.05) is 50.5 Å². The number of rotatable bonds is 10. The van der Waals surface area contributed by atoms with E-state index in [1.807, 2.05) is 13.8 Å². The van der Waals surface area contributed by atoms with Gasteiger partial charge in [-0.15, -0.1) is 0 Å². The molecule has 0 heterocycles. The first-order valence-electron chi connectivity index (χ1n) is 6.01. The van der Waals surface area contributed by atoms with Crippen molar-refractivity contribution >= 4 is 0 Å². The first-order chi connectivity index (χ1) is 7.12. The molecule has 0 aromatic heterocycles. The monoisotopic (exact) mass is 218 g/mol. The van der Waals surface area contributed by atoms with Gasteiger partial charge in [0.25, 0.3) is 0 Å². The van der Waals surface area contributed by atoms with Crippen molar-refractivity contribution in [3.63, 3.8) is 0 Å². The molecule has 0 rings (SSSR count). The third-order valence-corrected chi connectivity index (χ3v) is 2.46. The van der Waals surface area contributed by atoms with Crippen LogP contribution in [0.15, 0.2) is 0 Å². The SMILES string of the molecule is CCCCCCCCC(C)(C)OOOC. The molecule has 3 heteroatoms. The van der Waals surface area contributed by atoms with Crippen molar-refractivity contribution in [1.29, 1.82) is 0 Å². The molecule has 0 aromatic carbocycles. The summed E-state index contributed by atoms with van der Waals surface area (Å²) in [6.45, 7) is 6.26. The van der Waals surface area contributed by atoms with Crippen LogP contribution in [0.1, 0.15) is 65.7 Å². The number of unbranched alkanes of at least 4 members (excludes halogenated alkanes) is 5. The zero-order valence-electron chi connectivity index (χ0n) is 10.7. The summed E-state index contributed by atoms with van der Waals surface area (Å²) < 4.78 is 0. The third kappa shape index (κ3) is 10.2. The summed E-state index contributed by atoms with van der Waals surface area (Å²) >= 11 is 0. The zero-order chi connectivity index (χ0) is 11.6. The molecule has 0 saturated carbocycles. The van der Waals surface area contributed by atoms with Gasteiger partial charge in [0.1, 0.15) is 5.60 Å². The van der Waals surface area contributed by atoms with Crippen LogP contribution in [0.25, 0.3) is 0 Å². The van der Waals surface area contributed by atoms with E-state index in [-0.39, 0.29) is 5.60 Å². The van der Waals surface area contributed by atoms with Gasteiger partial charge in [0, 0.05) is 0 Å². The standard InChI is InChI=1S/C12H26O3/c1-5-6-7-8-9-10-11-12(2,3)14-15-13-4/h5-11H2,1-4H3. The molecular formula is C12H26O3. The summed E-state index contributed by atoms with van der Waals surface area (Å²) in [5.74, 6) is 0. The Balaban J connectivity index is 3.32. The lowest BCUT2D eigenvalue weighted by molar-refractivity contribution is -0.532. The summed E-state index contributed by atoms with van der Waals surface area (Å²) in [6, 6.07) is 0. The van der Waals surface area contributed by atoms with Crippen LogP contribution in [0.2, 0.25) is 0 Å². The van der Waals surface area contributed by atoms with E-state index >= 15 is 0 Å². The Morgan fingerprint density at radius 3 is 2.13 bits per heavy atom. The maximum absolute atomic E-state index is 5.08. The maximum Gasteiger partial charge on any atom is 0.101 e. The van der Waals surface area contributed by atoms with Crippen LogP contribution >= 0.6 is 0 Å². The van der Waals surface area contributed by atoms with Crippen LogP contribution in [0, 0.1) is 0 Å². The Morgan fingerprint density at radius 1 is 0.933 bits per heavy atom. The molecule has 0 saturated heterocycles. The summed E-state index contributed by atoms with van der Waals surface area (Å²) in [5, 5.41) is 4.49. The summed E-state index contributed by atoms with van der Waals surface area (Å²) in [5.41, 5.74) is -0.249. The van der Waals surface area contributed by atoms with Crippen molar-refractivity contribution in [3.8, 4) is 0 Å². The van der Waals surface area contributed by atoms with E-state index in [0.717, 1.165) is 6.42 Å². The molecule has 0 aliphatic rings. The Labute approximate surface area is 94.0 Å². The van der Waals surface area contributed by atoms with Crippen LogP contribution in [0.4, 0.5) is 0 Å². The molecule has 0 fully saturated rings. The fourth-order valence-electron chi connectivity index (χ4n) is 1.50. The quantitative estimate of drug-likeness (QED) is 0.315. The molecule has 0 bridgehead atoms. The Morgan fingerprint density at radius 2 is 1.53 bits per heavy atom. The molecule has 15 heavy (non-hydrogen) atoms. The maximum atomic E-state index is 5.08. The Hall–Kier alpha value is -0.120. The summed E-state index contributed by atoms with van der Waals surface area (Å²) in [7, 11) is 1.45. The molecule has 0 atom stereocenters. The third-order valence-electron chi connectivity index (χ3n) is 2.46. The molecule has 0 amide bonds. The van der Waals surface area contributed by atoms with Crippen molar-refractivity contribution < 1.29 is 14.8 Å². The van der Waals surface area contributed by atoms with E-state index in [9.17, 15) is 0 Å². The smallest absolute Gasteiger partial charge is 0.101 e. The molecule has 92 valence electrons. The van der Waals surface area contributed by atoms with Gasteiger partial charge < -0.3 is 0 Å². The Bertz CT molecular complexity index is 135. The van der Waals surface area contributed by atoms with Crippen LogP contribution in [0.3, 0.4) is 0 Å².